The number of hydrogen-bond donors (Lipinski definition) is 2. The largest absolute Gasteiger partial charge is 0.505 e. The zero-order valence-corrected chi connectivity index (χ0v) is 11.0. The Balaban J connectivity index is 3.12. The number of phenols is 1. The number of nitrogens with zero attached hydrogens (tertiary/aromatic N) is 1. The molecule has 2 rings (SSSR count). The van der Waals surface area contributed by atoms with Gasteiger partial charge in [-0.25, -0.2) is 4.98 Å². The van der Waals surface area contributed by atoms with E-state index in [0.717, 1.165) is 27.6 Å². The van der Waals surface area contributed by atoms with E-state index in [0.29, 0.717) is 11.3 Å². The molecule has 2 aromatic rings. The van der Waals surface area contributed by atoms with Crippen molar-refractivity contribution in [3.8, 4) is 5.75 Å². The maximum Gasteiger partial charge on any atom is 0.145 e. The van der Waals surface area contributed by atoms with Gasteiger partial charge in [-0.2, -0.15) is 0 Å². The van der Waals surface area contributed by atoms with Gasteiger partial charge in [-0.05, 0) is 62.4 Å². The minimum absolute atomic E-state index is 0.248. The summed E-state index contributed by atoms with van der Waals surface area (Å²) in [4.78, 5) is 4.33. The Labute approximate surface area is 101 Å². The molecule has 1 aromatic heterocycles. The van der Waals surface area contributed by atoms with Crippen LogP contribution in [0.4, 0.5) is 5.82 Å². The van der Waals surface area contributed by atoms with E-state index in [1.807, 2.05) is 27.7 Å². The highest BCUT2D eigenvalue weighted by Gasteiger charge is 2.16. The summed E-state index contributed by atoms with van der Waals surface area (Å²) < 4.78 is 0. The average Bonchev–Trinajstić information content (AvgIpc) is 2.30. The number of anilines is 1. The van der Waals surface area contributed by atoms with Crippen LogP contribution in [0.1, 0.15) is 27.8 Å². The molecule has 0 amide bonds. The molecule has 3 N–H and O–H groups in total. The van der Waals surface area contributed by atoms with Gasteiger partial charge in [-0.3, -0.25) is 0 Å². The quantitative estimate of drug-likeness (QED) is 0.731. The first kappa shape index (κ1) is 11.7. The normalized spacial score (nSPS) is 11.1. The summed E-state index contributed by atoms with van der Waals surface area (Å²) in [6.07, 6.45) is 0. The maximum absolute atomic E-state index is 10.2. The molecule has 0 atom stereocenters. The minimum Gasteiger partial charge on any atom is -0.505 e. The summed E-state index contributed by atoms with van der Waals surface area (Å²) >= 11 is 0. The highest BCUT2D eigenvalue weighted by molar-refractivity contribution is 5.94. The predicted molar refractivity (Wildman–Crippen MR) is 71.5 cm³/mol. The van der Waals surface area contributed by atoms with Gasteiger partial charge in [0.25, 0.3) is 0 Å². The van der Waals surface area contributed by atoms with Crippen LogP contribution in [0, 0.1) is 34.6 Å². The molecule has 0 unspecified atom stereocenters. The lowest BCUT2D eigenvalue weighted by Crippen LogP contribution is -2.01. The van der Waals surface area contributed by atoms with E-state index in [1.165, 1.54) is 5.56 Å². The van der Waals surface area contributed by atoms with Crippen LogP contribution in [0.5, 0.6) is 5.75 Å². The third-order valence-corrected chi connectivity index (χ3v) is 3.87. The Bertz CT molecular complexity index is 622. The molecular formula is C14H18N2O. The molecule has 0 saturated heterocycles. The topological polar surface area (TPSA) is 59.1 Å². The Morgan fingerprint density at radius 3 is 1.94 bits per heavy atom. The fourth-order valence-corrected chi connectivity index (χ4v) is 2.27. The first-order valence-electron chi connectivity index (χ1n) is 5.71. The molecule has 0 aliphatic heterocycles. The molecule has 0 fully saturated rings. The molecule has 0 radical (unpaired) electrons. The van der Waals surface area contributed by atoms with E-state index in [1.54, 1.807) is 0 Å². The zero-order valence-electron chi connectivity index (χ0n) is 11.0. The number of phenolic OH excluding ortho intramolecular Hbond substituents is 1. The molecular weight excluding hydrogens is 212 g/mol. The van der Waals surface area contributed by atoms with E-state index in [-0.39, 0.29) is 5.75 Å². The van der Waals surface area contributed by atoms with Crippen LogP contribution < -0.4 is 5.73 Å². The van der Waals surface area contributed by atoms with Gasteiger partial charge in [-0.15, -0.1) is 0 Å². The van der Waals surface area contributed by atoms with Gasteiger partial charge in [0, 0.05) is 5.39 Å². The molecule has 1 aromatic carbocycles. The number of aromatic hydroxyl groups is 1. The smallest absolute Gasteiger partial charge is 0.145 e. The maximum atomic E-state index is 10.2. The lowest BCUT2D eigenvalue weighted by atomic mass is 9.94. The summed E-state index contributed by atoms with van der Waals surface area (Å²) in [6.45, 7) is 9.98. The van der Waals surface area contributed by atoms with Crippen LogP contribution in [0.3, 0.4) is 0 Å². The van der Waals surface area contributed by atoms with Crippen molar-refractivity contribution in [1.29, 1.82) is 0 Å². The predicted octanol–water partition coefficient (Wildman–Crippen LogP) is 3.06. The molecule has 90 valence electrons. The Hall–Kier alpha value is -1.77. The molecule has 0 spiro atoms. The van der Waals surface area contributed by atoms with Crippen molar-refractivity contribution < 1.29 is 5.11 Å². The molecule has 0 aliphatic rings. The molecule has 0 aliphatic carbocycles. The van der Waals surface area contributed by atoms with Crippen LogP contribution in [-0.4, -0.2) is 10.1 Å². The summed E-state index contributed by atoms with van der Waals surface area (Å²) in [7, 11) is 0. The number of aryl methyl sites for hydroxylation is 2. The number of rotatable bonds is 0. The van der Waals surface area contributed by atoms with E-state index in [9.17, 15) is 5.11 Å². The third-order valence-electron chi connectivity index (χ3n) is 3.87. The van der Waals surface area contributed by atoms with Crippen LogP contribution in [0.2, 0.25) is 0 Å². The van der Waals surface area contributed by atoms with Crippen molar-refractivity contribution in [2.45, 2.75) is 34.6 Å². The number of benzene rings is 1. The van der Waals surface area contributed by atoms with Crippen molar-refractivity contribution in [3.63, 3.8) is 0 Å². The number of fused-ring (bicyclic) bond motifs is 1. The Morgan fingerprint density at radius 2 is 1.35 bits per heavy atom. The monoisotopic (exact) mass is 230 g/mol. The second kappa shape index (κ2) is 3.62. The van der Waals surface area contributed by atoms with E-state index in [4.69, 9.17) is 5.73 Å². The molecule has 3 heteroatoms. The molecule has 0 bridgehead atoms. The number of nitrogen functional groups attached to an aromatic ring is 1. The third kappa shape index (κ3) is 1.46. The second-order valence-corrected chi connectivity index (χ2v) is 4.69. The summed E-state index contributed by atoms with van der Waals surface area (Å²) in [6, 6.07) is 0. The Morgan fingerprint density at radius 1 is 0.824 bits per heavy atom. The molecule has 17 heavy (non-hydrogen) atoms. The van der Waals surface area contributed by atoms with Gasteiger partial charge in [0.05, 0.1) is 0 Å². The first-order chi connectivity index (χ1) is 7.86. The number of hydrogen-bond acceptors (Lipinski definition) is 3. The molecule has 3 nitrogen and oxygen atoms in total. The van der Waals surface area contributed by atoms with Gasteiger partial charge in [0.1, 0.15) is 17.1 Å². The average molecular weight is 230 g/mol. The highest BCUT2D eigenvalue weighted by Crippen LogP contribution is 2.36. The number of pyridine rings is 1. The lowest BCUT2D eigenvalue weighted by molar-refractivity contribution is 0.475. The van der Waals surface area contributed by atoms with Gasteiger partial charge in [-0.1, -0.05) is 0 Å². The van der Waals surface area contributed by atoms with Crippen LogP contribution in [0.15, 0.2) is 0 Å². The number of nitrogens with two attached hydrogens (primary N) is 1. The lowest BCUT2D eigenvalue weighted by Gasteiger charge is -2.16. The summed E-state index contributed by atoms with van der Waals surface area (Å²) in [5.74, 6) is 0.742. The van der Waals surface area contributed by atoms with Gasteiger partial charge in [0.15, 0.2) is 0 Å². The fourth-order valence-electron chi connectivity index (χ4n) is 2.27. The summed E-state index contributed by atoms with van der Waals surface area (Å²) in [5.41, 5.74) is 11.7. The van der Waals surface area contributed by atoms with Gasteiger partial charge >= 0.3 is 0 Å². The van der Waals surface area contributed by atoms with Crippen LogP contribution in [0.25, 0.3) is 10.9 Å². The van der Waals surface area contributed by atoms with Crippen LogP contribution in [-0.2, 0) is 0 Å². The fraction of sp³-hybridized carbons (Fsp3) is 0.357. The molecule has 1 heterocycles. The SMILES string of the molecule is Cc1c(C)c(C)c2c(C)c(C)c(N)nc2c1O. The van der Waals surface area contributed by atoms with Crippen molar-refractivity contribution in [2.24, 2.45) is 0 Å². The van der Waals surface area contributed by atoms with E-state index in [2.05, 4.69) is 11.9 Å². The standard InChI is InChI=1S/C14H18N2O/c1-6-7(2)11-8(3)10(5)14(15)16-12(11)13(17)9(6)4/h17H,1-5H3,(H2,15,16). The number of aromatic nitrogens is 1. The minimum atomic E-state index is 0.248. The van der Waals surface area contributed by atoms with Gasteiger partial charge < -0.3 is 10.8 Å². The highest BCUT2D eigenvalue weighted by atomic mass is 16.3. The second-order valence-electron chi connectivity index (χ2n) is 4.69. The van der Waals surface area contributed by atoms with E-state index < -0.39 is 0 Å². The van der Waals surface area contributed by atoms with E-state index >= 15 is 0 Å². The van der Waals surface area contributed by atoms with Crippen molar-refractivity contribution in [1.82, 2.24) is 4.98 Å². The van der Waals surface area contributed by atoms with Crippen molar-refractivity contribution in [3.05, 3.63) is 27.8 Å². The first-order valence-corrected chi connectivity index (χ1v) is 5.71. The van der Waals surface area contributed by atoms with Crippen molar-refractivity contribution in [2.75, 3.05) is 5.73 Å². The zero-order chi connectivity index (χ0) is 12.9. The van der Waals surface area contributed by atoms with Crippen molar-refractivity contribution >= 4 is 16.7 Å². The van der Waals surface area contributed by atoms with Gasteiger partial charge in [0.2, 0.25) is 0 Å². The van der Waals surface area contributed by atoms with Crippen LogP contribution >= 0.6 is 0 Å². The molecule has 0 saturated carbocycles. The Kier molecular flexibility index (Phi) is 2.49. The summed E-state index contributed by atoms with van der Waals surface area (Å²) in [5, 5.41) is 11.2.